The number of hydrogen-bond acceptors (Lipinski definition) is 6. The van der Waals surface area contributed by atoms with E-state index in [0.717, 1.165) is 30.8 Å². The molecule has 2 aromatic rings. The standard InChI is InChI=1S/C20H24N4O4/c1-20(10-13-3-4-15-16(7-13)28-12-27-15)5-2-6-24(11-20)18(26)9-14-8-17(25)23-19(21)22-14/h3-4,7-8H,2,5-6,9-12H2,1H3,(H3,21,22,23,25). The molecule has 8 heteroatoms. The van der Waals surface area contributed by atoms with E-state index in [1.165, 1.54) is 11.6 Å². The summed E-state index contributed by atoms with van der Waals surface area (Å²) in [6.45, 7) is 3.85. The lowest BCUT2D eigenvalue weighted by atomic mass is 9.77. The maximum absolute atomic E-state index is 12.8. The molecule has 1 aromatic carbocycles. The van der Waals surface area contributed by atoms with Crippen LogP contribution in [0, 0.1) is 5.41 Å². The molecule has 4 rings (SSSR count). The number of nitrogen functional groups attached to an aromatic ring is 1. The van der Waals surface area contributed by atoms with Crippen molar-refractivity contribution in [1.29, 1.82) is 0 Å². The molecule has 28 heavy (non-hydrogen) atoms. The molecular weight excluding hydrogens is 360 g/mol. The van der Waals surface area contributed by atoms with Gasteiger partial charge in [0.2, 0.25) is 18.6 Å². The minimum atomic E-state index is -0.346. The maximum Gasteiger partial charge on any atom is 0.252 e. The molecule has 0 aliphatic carbocycles. The van der Waals surface area contributed by atoms with E-state index in [1.54, 1.807) is 0 Å². The molecule has 1 atom stereocenters. The maximum atomic E-state index is 12.8. The van der Waals surface area contributed by atoms with E-state index in [2.05, 4.69) is 23.0 Å². The second-order valence-corrected chi connectivity index (χ2v) is 7.89. The number of piperidine rings is 1. The molecule has 1 amide bonds. The fourth-order valence-electron chi connectivity index (χ4n) is 4.10. The highest BCUT2D eigenvalue weighted by molar-refractivity contribution is 5.78. The number of fused-ring (bicyclic) bond motifs is 1. The Morgan fingerprint density at radius 1 is 1.32 bits per heavy atom. The molecule has 1 aromatic heterocycles. The molecule has 0 saturated carbocycles. The van der Waals surface area contributed by atoms with Gasteiger partial charge < -0.3 is 20.1 Å². The summed E-state index contributed by atoms with van der Waals surface area (Å²) in [5.41, 5.74) is 6.77. The van der Waals surface area contributed by atoms with Gasteiger partial charge in [0.25, 0.3) is 5.56 Å². The number of amides is 1. The lowest BCUT2D eigenvalue weighted by Crippen LogP contribution is -2.46. The van der Waals surface area contributed by atoms with Crippen LogP contribution >= 0.6 is 0 Å². The van der Waals surface area contributed by atoms with Crippen LogP contribution < -0.4 is 20.8 Å². The predicted octanol–water partition coefficient (Wildman–Crippen LogP) is 1.49. The van der Waals surface area contributed by atoms with Crippen LogP contribution in [-0.4, -0.2) is 40.7 Å². The quantitative estimate of drug-likeness (QED) is 0.826. The lowest BCUT2D eigenvalue weighted by molar-refractivity contribution is -0.133. The third-order valence-electron chi connectivity index (χ3n) is 5.35. The monoisotopic (exact) mass is 384 g/mol. The molecule has 2 aliphatic heterocycles. The summed E-state index contributed by atoms with van der Waals surface area (Å²) in [5.74, 6) is 1.55. The highest BCUT2D eigenvalue weighted by Crippen LogP contribution is 2.37. The number of likely N-dealkylation sites (tertiary alicyclic amines) is 1. The normalized spacial score (nSPS) is 21.0. The molecule has 8 nitrogen and oxygen atoms in total. The van der Waals surface area contributed by atoms with E-state index in [1.807, 2.05) is 17.0 Å². The first kappa shape index (κ1) is 18.3. The van der Waals surface area contributed by atoms with Crippen molar-refractivity contribution in [2.24, 2.45) is 5.41 Å². The highest BCUT2D eigenvalue weighted by atomic mass is 16.7. The van der Waals surface area contributed by atoms with Crippen molar-refractivity contribution in [2.75, 3.05) is 25.6 Å². The van der Waals surface area contributed by atoms with Gasteiger partial charge in [-0.05, 0) is 42.4 Å². The second kappa shape index (κ2) is 7.18. The Hall–Kier alpha value is -3.03. The number of anilines is 1. The number of carbonyl (C=O) groups is 1. The van der Waals surface area contributed by atoms with Gasteiger partial charge in [-0.2, -0.15) is 0 Å². The summed E-state index contributed by atoms with van der Waals surface area (Å²) >= 11 is 0. The van der Waals surface area contributed by atoms with Gasteiger partial charge in [0.1, 0.15) is 0 Å². The minimum absolute atomic E-state index is 0.0256. The van der Waals surface area contributed by atoms with Crippen molar-refractivity contribution in [2.45, 2.75) is 32.6 Å². The van der Waals surface area contributed by atoms with Crippen LogP contribution in [-0.2, 0) is 17.6 Å². The summed E-state index contributed by atoms with van der Waals surface area (Å²) in [6, 6.07) is 7.35. The van der Waals surface area contributed by atoms with Gasteiger partial charge in [-0.1, -0.05) is 13.0 Å². The molecule has 3 N–H and O–H groups in total. The number of nitrogens with two attached hydrogens (primary N) is 1. The smallest absolute Gasteiger partial charge is 0.252 e. The van der Waals surface area contributed by atoms with E-state index in [0.29, 0.717) is 18.8 Å². The zero-order chi connectivity index (χ0) is 19.7. The predicted molar refractivity (Wildman–Crippen MR) is 103 cm³/mol. The minimum Gasteiger partial charge on any atom is -0.454 e. The number of rotatable bonds is 4. The highest BCUT2D eigenvalue weighted by Gasteiger charge is 2.33. The molecule has 2 aliphatic rings. The van der Waals surface area contributed by atoms with Crippen LogP contribution in [0.3, 0.4) is 0 Å². The molecule has 1 fully saturated rings. The van der Waals surface area contributed by atoms with E-state index in [9.17, 15) is 9.59 Å². The first-order valence-corrected chi connectivity index (χ1v) is 9.42. The van der Waals surface area contributed by atoms with Crippen LogP contribution in [0.4, 0.5) is 5.95 Å². The zero-order valence-corrected chi connectivity index (χ0v) is 15.9. The van der Waals surface area contributed by atoms with Crippen molar-refractivity contribution in [3.05, 3.63) is 45.9 Å². The van der Waals surface area contributed by atoms with Gasteiger partial charge in [-0.15, -0.1) is 0 Å². The van der Waals surface area contributed by atoms with Crippen molar-refractivity contribution < 1.29 is 14.3 Å². The molecule has 148 valence electrons. The molecule has 0 bridgehead atoms. The van der Waals surface area contributed by atoms with E-state index >= 15 is 0 Å². The van der Waals surface area contributed by atoms with Gasteiger partial charge in [0, 0.05) is 19.2 Å². The molecule has 1 unspecified atom stereocenters. The Balaban J connectivity index is 1.44. The van der Waals surface area contributed by atoms with E-state index in [-0.39, 0.29) is 36.0 Å². The van der Waals surface area contributed by atoms with Gasteiger partial charge in [0.05, 0.1) is 12.1 Å². The number of benzene rings is 1. The Morgan fingerprint density at radius 2 is 2.14 bits per heavy atom. The number of ether oxygens (including phenoxy) is 2. The van der Waals surface area contributed by atoms with Crippen molar-refractivity contribution in [3.8, 4) is 11.5 Å². The number of nitrogens with zero attached hydrogens (tertiary/aromatic N) is 2. The third kappa shape index (κ3) is 3.95. The van der Waals surface area contributed by atoms with E-state index < -0.39 is 0 Å². The summed E-state index contributed by atoms with van der Waals surface area (Å²) in [4.78, 5) is 32.6. The van der Waals surface area contributed by atoms with Crippen LogP contribution in [0.15, 0.2) is 29.1 Å². The van der Waals surface area contributed by atoms with Crippen molar-refractivity contribution in [1.82, 2.24) is 14.9 Å². The van der Waals surface area contributed by atoms with Gasteiger partial charge in [-0.25, -0.2) is 4.98 Å². The molecule has 0 spiro atoms. The summed E-state index contributed by atoms with van der Waals surface area (Å²) in [7, 11) is 0. The van der Waals surface area contributed by atoms with Gasteiger partial charge in [-0.3, -0.25) is 14.6 Å². The number of aromatic amines is 1. The van der Waals surface area contributed by atoms with Crippen molar-refractivity contribution >= 4 is 11.9 Å². The summed E-state index contributed by atoms with van der Waals surface area (Å²) < 4.78 is 10.9. The Labute approximate surface area is 162 Å². The molecule has 1 saturated heterocycles. The SMILES string of the molecule is CC1(Cc2ccc3c(c2)OCO3)CCCN(C(=O)Cc2cc(=O)[nH]c(N)n2)C1. The summed E-state index contributed by atoms with van der Waals surface area (Å²) in [6.07, 6.45) is 2.91. The van der Waals surface area contributed by atoms with E-state index in [4.69, 9.17) is 15.2 Å². The fourth-order valence-corrected chi connectivity index (χ4v) is 4.10. The average Bonchev–Trinajstić information content (AvgIpc) is 3.08. The molecule has 3 heterocycles. The molecular formula is C20H24N4O4. The first-order valence-electron chi connectivity index (χ1n) is 9.42. The second-order valence-electron chi connectivity index (χ2n) is 7.89. The zero-order valence-electron chi connectivity index (χ0n) is 15.9. The number of nitrogens with one attached hydrogen (secondary N) is 1. The van der Waals surface area contributed by atoms with Crippen LogP contribution in [0.25, 0.3) is 0 Å². The lowest BCUT2D eigenvalue weighted by Gasteiger charge is -2.41. The summed E-state index contributed by atoms with van der Waals surface area (Å²) in [5, 5.41) is 0. The third-order valence-corrected chi connectivity index (χ3v) is 5.35. The Morgan fingerprint density at radius 3 is 2.96 bits per heavy atom. The number of carbonyl (C=O) groups excluding carboxylic acids is 1. The van der Waals surface area contributed by atoms with Crippen molar-refractivity contribution in [3.63, 3.8) is 0 Å². The number of H-pyrrole nitrogens is 1. The number of aromatic nitrogens is 2. The first-order chi connectivity index (χ1) is 13.4. The van der Waals surface area contributed by atoms with Crippen LogP contribution in [0.1, 0.15) is 31.0 Å². The topological polar surface area (TPSA) is 111 Å². The largest absolute Gasteiger partial charge is 0.454 e. The number of hydrogen-bond donors (Lipinski definition) is 2. The molecule has 0 radical (unpaired) electrons. The fraction of sp³-hybridized carbons (Fsp3) is 0.450. The van der Waals surface area contributed by atoms with Crippen LogP contribution in [0.2, 0.25) is 0 Å². The Bertz CT molecular complexity index is 957. The Kier molecular flexibility index (Phi) is 4.70. The van der Waals surface area contributed by atoms with Crippen LogP contribution in [0.5, 0.6) is 11.5 Å². The van der Waals surface area contributed by atoms with Gasteiger partial charge in [0.15, 0.2) is 11.5 Å². The average molecular weight is 384 g/mol. The van der Waals surface area contributed by atoms with Gasteiger partial charge >= 0.3 is 0 Å².